The van der Waals surface area contributed by atoms with Gasteiger partial charge in [-0.25, -0.2) is 23.5 Å². The average Bonchev–Trinajstić information content (AvgIpc) is 2.82. The Morgan fingerprint density at radius 2 is 2.00 bits per heavy atom. The first kappa shape index (κ1) is 9.87. The molecule has 2 atom stereocenters. The maximum absolute atomic E-state index is 11.5. The Kier molecular flexibility index (Phi) is 2.09. The fourth-order valence-electron chi connectivity index (χ4n) is 1.32. The van der Waals surface area contributed by atoms with E-state index in [9.17, 15) is 14.4 Å². The van der Waals surface area contributed by atoms with E-state index in [1.165, 1.54) is 0 Å². The van der Waals surface area contributed by atoms with Crippen LogP contribution in [0.15, 0.2) is 14.4 Å². The van der Waals surface area contributed by atoms with E-state index in [2.05, 4.69) is 0 Å². The molecule has 1 aromatic rings. The van der Waals surface area contributed by atoms with Gasteiger partial charge in [-0.2, -0.15) is 0 Å². The Hall–Kier alpha value is -1.67. The molecule has 82 valence electrons. The number of ether oxygens (including phenoxy) is 1. The van der Waals surface area contributed by atoms with Gasteiger partial charge in [0.15, 0.2) is 6.23 Å². The summed E-state index contributed by atoms with van der Waals surface area (Å²) >= 11 is 0. The predicted molar refractivity (Wildman–Crippen MR) is 47.4 cm³/mol. The quantitative estimate of drug-likeness (QED) is 0.533. The van der Waals surface area contributed by atoms with Crippen LogP contribution >= 0.6 is 0 Å². The van der Waals surface area contributed by atoms with E-state index in [1.807, 2.05) is 4.98 Å². The minimum absolute atomic E-state index is 0.242. The minimum Gasteiger partial charge on any atom is -0.376 e. The molecule has 1 fully saturated rings. The van der Waals surface area contributed by atoms with Crippen LogP contribution in [0.2, 0.25) is 0 Å². The topological polar surface area (TPSA) is 110 Å². The molecule has 2 N–H and O–H groups in total. The first-order chi connectivity index (χ1) is 7.06. The highest BCUT2D eigenvalue weighted by Gasteiger charge is 2.39. The molecular formula is C7H9N3O5. The van der Waals surface area contributed by atoms with Crippen LogP contribution < -0.4 is 17.1 Å². The Morgan fingerprint density at radius 3 is 2.47 bits per heavy atom. The lowest BCUT2D eigenvalue weighted by Gasteiger charge is -2.03. The van der Waals surface area contributed by atoms with E-state index in [4.69, 9.17) is 9.84 Å². The molecule has 15 heavy (non-hydrogen) atoms. The molecule has 0 amide bonds. The van der Waals surface area contributed by atoms with E-state index in [-0.39, 0.29) is 6.10 Å². The van der Waals surface area contributed by atoms with Crippen molar-refractivity contribution in [3.05, 3.63) is 31.5 Å². The number of hydrogen-bond acceptors (Lipinski definition) is 5. The maximum atomic E-state index is 11.5. The standard InChI is InChI=1S/C7H9N3O5/c1-3-4(15-3)10-6(13)8-5(12)9(2-11)7(10)14/h3-4,11H,2H2,1H3,(H,8,12,13). The van der Waals surface area contributed by atoms with E-state index in [0.717, 1.165) is 4.57 Å². The summed E-state index contributed by atoms with van der Waals surface area (Å²) in [6, 6.07) is 0. The van der Waals surface area contributed by atoms with Crippen molar-refractivity contribution in [1.29, 1.82) is 0 Å². The Labute approximate surface area is 82.4 Å². The number of H-pyrrole nitrogens is 1. The number of rotatable bonds is 2. The van der Waals surface area contributed by atoms with Crippen molar-refractivity contribution in [2.45, 2.75) is 26.0 Å². The molecule has 1 saturated heterocycles. The molecule has 1 aliphatic rings. The van der Waals surface area contributed by atoms with Crippen LogP contribution in [-0.4, -0.2) is 25.3 Å². The van der Waals surface area contributed by atoms with Crippen molar-refractivity contribution in [3.8, 4) is 0 Å². The normalized spacial score (nSPS) is 24.1. The van der Waals surface area contributed by atoms with Gasteiger partial charge in [0.1, 0.15) is 12.8 Å². The highest BCUT2D eigenvalue weighted by atomic mass is 16.6. The van der Waals surface area contributed by atoms with Gasteiger partial charge in [-0.3, -0.25) is 4.98 Å². The van der Waals surface area contributed by atoms with Crippen LogP contribution in [0.25, 0.3) is 0 Å². The largest absolute Gasteiger partial charge is 0.376 e. The number of aliphatic hydroxyl groups excluding tert-OH is 1. The molecule has 2 unspecified atom stereocenters. The van der Waals surface area contributed by atoms with Gasteiger partial charge in [-0.1, -0.05) is 0 Å². The van der Waals surface area contributed by atoms with Gasteiger partial charge in [-0.05, 0) is 6.92 Å². The van der Waals surface area contributed by atoms with Crippen molar-refractivity contribution in [1.82, 2.24) is 14.1 Å². The third kappa shape index (κ3) is 1.43. The number of nitrogens with zero attached hydrogens (tertiary/aromatic N) is 2. The number of aromatic nitrogens is 3. The monoisotopic (exact) mass is 215 g/mol. The van der Waals surface area contributed by atoms with Crippen molar-refractivity contribution in [2.75, 3.05) is 0 Å². The molecule has 0 aromatic carbocycles. The molecule has 2 rings (SSSR count). The lowest BCUT2D eigenvalue weighted by Crippen LogP contribution is -2.49. The number of epoxide rings is 1. The summed E-state index contributed by atoms with van der Waals surface area (Å²) in [5, 5.41) is 8.77. The number of hydrogen-bond donors (Lipinski definition) is 2. The molecule has 8 nitrogen and oxygen atoms in total. The van der Waals surface area contributed by atoms with Gasteiger partial charge in [0.2, 0.25) is 0 Å². The number of nitrogens with one attached hydrogen (secondary N) is 1. The Bertz CT molecular complexity index is 553. The lowest BCUT2D eigenvalue weighted by molar-refractivity contribution is 0.190. The molecule has 0 aliphatic carbocycles. The second-order valence-electron chi connectivity index (χ2n) is 3.19. The van der Waals surface area contributed by atoms with Gasteiger partial charge in [0.05, 0.1) is 0 Å². The van der Waals surface area contributed by atoms with Crippen LogP contribution in [0.4, 0.5) is 0 Å². The van der Waals surface area contributed by atoms with Gasteiger partial charge >= 0.3 is 17.1 Å². The Morgan fingerprint density at radius 1 is 1.40 bits per heavy atom. The van der Waals surface area contributed by atoms with Crippen LogP contribution in [-0.2, 0) is 11.5 Å². The summed E-state index contributed by atoms with van der Waals surface area (Å²) in [5.41, 5.74) is -2.64. The van der Waals surface area contributed by atoms with Gasteiger partial charge in [0, 0.05) is 0 Å². The molecule has 0 bridgehead atoms. The third-order valence-corrected chi connectivity index (χ3v) is 2.19. The predicted octanol–water partition coefficient (Wildman–Crippen LogP) is -2.43. The van der Waals surface area contributed by atoms with Gasteiger partial charge < -0.3 is 9.84 Å². The highest BCUT2D eigenvalue weighted by Crippen LogP contribution is 2.29. The SMILES string of the molecule is CC1OC1n1c(=O)[nH]c(=O)n(CO)c1=O. The second-order valence-corrected chi connectivity index (χ2v) is 3.19. The first-order valence-corrected chi connectivity index (χ1v) is 4.28. The summed E-state index contributed by atoms with van der Waals surface area (Å²) in [6.07, 6.45) is -0.895. The second kappa shape index (κ2) is 3.17. The van der Waals surface area contributed by atoms with Crippen molar-refractivity contribution < 1.29 is 9.84 Å². The molecular weight excluding hydrogens is 206 g/mol. The summed E-state index contributed by atoms with van der Waals surface area (Å²) in [6.45, 7) is 0.903. The zero-order chi connectivity index (χ0) is 11.2. The van der Waals surface area contributed by atoms with Crippen LogP contribution in [0.3, 0.4) is 0 Å². The summed E-state index contributed by atoms with van der Waals surface area (Å²) < 4.78 is 6.23. The molecule has 1 aromatic heterocycles. The van der Waals surface area contributed by atoms with E-state index < -0.39 is 30.0 Å². The van der Waals surface area contributed by atoms with Crippen LogP contribution in [0.1, 0.15) is 13.2 Å². The van der Waals surface area contributed by atoms with E-state index in [1.54, 1.807) is 6.92 Å². The minimum atomic E-state index is -0.933. The van der Waals surface area contributed by atoms with Crippen molar-refractivity contribution in [3.63, 3.8) is 0 Å². The highest BCUT2D eigenvalue weighted by molar-refractivity contribution is 4.84. The van der Waals surface area contributed by atoms with E-state index >= 15 is 0 Å². The molecule has 0 spiro atoms. The first-order valence-electron chi connectivity index (χ1n) is 4.28. The lowest BCUT2D eigenvalue weighted by atomic mass is 10.5. The summed E-state index contributed by atoms with van der Waals surface area (Å²) in [4.78, 5) is 35.8. The molecule has 2 heterocycles. The van der Waals surface area contributed by atoms with Gasteiger partial charge in [0.25, 0.3) is 0 Å². The third-order valence-electron chi connectivity index (χ3n) is 2.19. The molecule has 0 saturated carbocycles. The molecule has 1 aliphatic heterocycles. The van der Waals surface area contributed by atoms with Crippen molar-refractivity contribution in [2.24, 2.45) is 0 Å². The average molecular weight is 215 g/mol. The zero-order valence-corrected chi connectivity index (χ0v) is 7.84. The molecule has 0 radical (unpaired) electrons. The van der Waals surface area contributed by atoms with E-state index in [0.29, 0.717) is 4.57 Å². The summed E-state index contributed by atoms with van der Waals surface area (Å²) in [7, 11) is 0. The van der Waals surface area contributed by atoms with Crippen LogP contribution in [0, 0.1) is 0 Å². The molecule has 8 heteroatoms. The summed E-state index contributed by atoms with van der Waals surface area (Å²) in [5.74, 6) is 0. The fraction of sp³-hybridized carbons (Fsp3) is 0.571. The number of aliphatic hydroxyl groups is 1. The van der Waals surface area contributed by atoms with Crippen molar-refractivity contribution >= 4 is 0 Å². The smallest absolute Gasteiger partial charge is 0.340 e. The maximum Gasteiger partial charge on any atom is 0.340 e. The van der Waals surface area contributed by atoms with Gasteiger partial charge in [-0.15, -0.1) is 0 Å². The van der Waals surface area contributed by atoms with Crippen LogP contribution in [0.5, 0.6) is 0 Å². The Balaban J connectivity index is 2.70. The fourth-order valence-corrected chi connectivity index (χ4v) is 1.32. The zero-order valence-electron chi connectivity index (χ0n) is 7.84. The number of aromatic amines is 1.